The van der Waals surface area contributed by atoms with Crippen LogP contribution in [0.15, 0.2) is 34.8 Å². The largest absolute Gasteiger partial charge is 0.349 e. The highest BCUT2D eigenvalue weighted by molar-refractivity contribution is 9.10. The Bertz CT molecular complexity index is 652. The first kappa shape index (κ1) is 18.7. The summed E-state index contributed by atoms with van der Waals surface area (Å²) in [5, 5.41) is 9.92. The second-order valence-electron chi connectivity index (χ2n) is 5.79. The summed E-state index contributed by atoms with van der Waals surface area (Å²) >= 11 is 3.40. The van der Waals surface area contributed by atoms with Crippen LogP contribution in [0.2, 0.25) is 0 Å². The lowest BCUT2D eigenvalue weighted by atomic mass is 10.0. The van der Waals surface area contributed by atoms with Crippen LogP contribution in [0.5, 0.6) is 0 Å². The molecule has 0 bridgehead atoms. The summed E-state index contributed by atoms with van der Waals surface area (Å²) < 4.78 is 0.724. The van der Waals surface area contributed by atoms with E-state index in [0.717, 1.165) is 29.7 Å². The summed E-state index contributed by atoms with van der Waals surface area (Å²) in [6.45, 7) is 8.67. The predicted molar refractivity (Wildman–Crippen MR) is 100 cm³/mol. The van der Waals surface area contributed by atoms with E-state index in [1.165, 1.54) is 5.56 Å². The first-order chi connectivity index (χ1) is 11.6. The molecular weight excluding hydrogens is 368 g/mol. The molecule has 0 unspecified atom stereocenters. The van der Waals surface area contributed by atoms with Crippen molar-refractivity contribution in [2.75, 3.05) is 19.6 Å². The molecule has 2 rings (SSSR count). The Balaban J connectivity index is 2.05. The maximum absolute atomic E-state index is 12.4. The Labute approximate surface area is 152 Å². The first-order valence-electron chi connectivity index (χ1n) is 8.33. The third kappa shape index (κ3) is 4.68. The summed E-state index contributed by atoms with van der Waals surface area (Å²) in [7, 11) is 0. The number of aromatic amines is 1. The molecule has 0 aliphatic rings. The van der Waals surface area contributed by atoms with E-state index in [0.29, 0.717) is 12.2 Å². The number of rotatable bonds is 8. The average molecular weight is 393 g/mol. The second-order valence-corrected chi connectivity index (χ2v) is 6.58. The molecule has 0 spiro atoms. The lowest BCUT2D eigenvalue weighted by Crippen LogP contribution is -2.45. The second kappa shape index (κ2) is 8.99. The zero-order valence-electron chi connectivity index (χ0n) is 14.5. The van der Waals surface area contributed by atoms with E-state index >= 15 is 0 Å². The van der Waals surface area contributed by atoms with Crippen molar-refractivity contribution in [3.63, 3.8) is 0 Å². The first-order valence-corrected chi connectivity index (χ1v) is 9.12. The van der Waals surface area contributed by atoms with E-state index in [-0.39, 0.29) is 11.9 Å². The molecule has 130 valence electrons. The van der Waals surface area contributed by atoms with Gasteiger partial charge in [0.05, 0.1) is 4.47 Å². The Kier molecular flexibility index (Phi) is 6.99. The Hall–Kier alpha value is -1.66. The zero-order chi connectivity index (χ0) is 17.5. The summed E-state index contributed by atoms with van der Waals surface area (Å²) in [5.41, 5.74) is 2.54. The summed E-state index contributed by atoms with van der Waals surface area (Å²) in [6.07, 6.45) is 0.906. The molecule has 24 heavy (non-hydrogen) atoms. The maximum Gasteiger partial charge on any atom is 0.273 e. The number of carbonyl (C=O) groups excluding carboxylic acids is 1. The van der Waals surface area contributed by atoms with E-state index in [9.17, 15) is 4.79 Å². The van der Waals surface area contributed by atoms with Crippen LogP contribution in [0.1, 0.15) is 35.6 Å². The molecule has 6 heteroatoms. The molecule has 0 saturated heterocycles. The molecule has 1 heterocycles. The number of amides is 1. The molecule has 0 aliphatic carbocycles. The number of benzene rings is 1. The minimum absolute atomic E-state index is 0.156. The molecule has 1 amide bonds. The molecule has 0 radical (unpaired) electrons. The summed E-state index contributed by atoms with van der Waals surface area (Å²) in [4.78, 5) is 14.8. The fourth-order valence-corrected chi connectivity index (χ4v) is 3.17. The van der Waals surface area contributed by atoms with E-state index in [4.69, 9.17) is 0 Å². The van der Waals surface area contributed by atoms with E-state index in [1.54, 1.807) is 0 Å². The van der Waals surface area contributed by atoms with Gasteiger partial charge in [-0.2, -0.15) is 5.10 Å². The SMILES string of the molecule is CCN(CC)[C@@H](CNC(=O)c1n[nH]c(C)c1Br)Cc1ccccc1. The monoisotopic (exact) mass is 392 g/mol. The van der Waals surface area contributed by atoms with E-state index in [2.05, 4.69) is 74.5 Å². The fraction of sp³-hybridized carbons (Fsp3) is 0.444. The Morgan fingerprint density at radius 1 is 1.29 bits per heavy atom. The molecular formula is C18H25BrN4O. The molecule has 1 atom stereocenters. The standard InChI is InChI=1S/C18H25BrN4O/c1-4-23(5-2)15(11-14-9-7-6-8-10-14)12-20-18(24)17-16(19)13(3)21-22-17/h6-10,15H,4-5,11-12H2,1-3H3,(H,20,24)(H,21,22)/t15-/m1/s1. The van der Waals surface area contributed by atoms with Crippen LogP contribution in [0.4, 0.5) is 0 Å². The lowest BCUT2D eigenvalue weighted by Gasteiger charge is -2.30. The third-order valence-electron chi connectivity index (χ3n) is 4.23. The van der Waals surface area contributed by atoms with Crippen molar-refractivity contribution < 1.29 is 4.79 Å². The van der Waals surface area contributed by atoms with Crippen molar-refractivity contribution in [3.05, 3.63) is 51.8 Å². The van der Waals surface area contributed by atoms with Crippen molar-refractivity contribution in [1.82, 2.24) is 20.4 Å². The Morgan fingerprint density at radius 2 is 1.96 bits per heavy atom. The highest BCUT2D eigenvalue weighted by Gasteiger charge is 2.20. The van der Waals surface area contributed by atoms with Crippen LogP contribution >= 0.6 is 15.9 Å². The van der Waals surface area contributed by atoms with Gasteiger partial charge in [0, 0.05) is 18.3 Å². The van der Waals surface area contributed by atoms with Crippen LogP contribution in [0, 0.1) is 6.92 Å². The van der Waals surface area contributed by atoms with Gasteiger partial charge in [0.2, 0.25) is 0 Å². The number of hydrogen-bond donors (Lipinski definition) is 2. The lowest BCUT2D eigenvalue weighted by molar-refractivity contribution is 0.0929. The molecule has 0 aliphatic heterocycles. The van der Waals surface area contributed by atoms with Crippen LogP contribution in [-0.2, 0) is 6.42 Å². The molecule has 0 saturated carbocycles. The van der Waals surface area contributed by atoms with Gasteiger partial charge >= 0.3 is 0 Å². The van der Waals surface area contributed by atoms with Crippen LogP contribution in [0.3, 0.4) is 0 Å². The number of nitrogens with zero attached hydrogens (tertiary/aromatic N) is 2. The van der Waals surface area contributed by atoms with Gasteiger partial charge in [0.1, 0.15) is 0 Å². The number of hydrogen-bond acceptors (Lipinski definition) is 3. The van der Waals surface area contributed by atoms with Gasteiger partial charge < -0.3 is 5.32 Å². The van der Waals surface area contributed by atoms with Gasteiger partial charge in [-0.1, -0.05) is 44.2 Å². The number of likely N-dealkylation sites (N-methyl/N-ethyl adjacent to an activating group) is 1. The number of nitrogens with one attached hydrogen (secondary N) is 2. The smallest absolute Gasteiger partial charge is 0.273 e. The van der Waals surface area contributed by atoms with Crippen LogP contribution in [0.25, 0.3) is 0 Å². The van der Waals surface area contributed by atoms with Gasteiger partial charge in [-0.05, 0) is 47.9 Å². The molecule has 2 N–H and O–H groups in total. The fourth-order valence-electron chi connectivity index (χ4n) is 2.82. The van der Waals surface area contributed by atoms with Gasteiger partial charge in [0.15, 0.2) is 5.69 Å². The molecule has 0 fully saturated rings. The maximum atomic E-state index is 12.4. The predicted octanol–water partition coefficient (Wildman–Crippen LogP) is 3.16. The van der Waals surface area contributed by atoms with Gasteiger partial charge in [-0.3, -0.25) is 14.8 Å². The topological polar surface area (TPSA) is 61.0 Å². The minimum Gasteiger partial charge on any atom is -0.349 e. The number of aromatic nitrogens is 2. The van der Waals surface area contributed by atoms with Crippen molar-refractivity contribution in [2.24, 2.45) is 0 Å². The molecule has 1 aromatic carbocycles. The van der Waals surface area contributed by atoms with Gasteiger partial charge in [-0.25, -0.2) is 0 Å². The third-order valence-corrected chi connectivity index (χ3v) is 5.20. The average Bonchev–Trinajstić information content (AvgIpc) is 2.93. The summed E-state index contributed by atoms with van der Waals surface area (Å²) in [6, 6.07) is 10.6. The van der Waals surface area contributed by atoms with E-state index in [1.807, 2.05) is 13.0 Å². The van der Waals surface area contributed by atoms with Crippen LogP contribution < -0.4 is 5.32 Å². The van der Waals surface area contributed by atoms with E-state index < -0.39 is 0 Å². The number of carbonyl (C=O) groups is 1. The normalized spacial score (nSPS) is 12.4. The highest BCUT2D eigenvalue weighted by atomic mass is 79.9. The minimum atomic E-state index is -0.156. The summed E-state index contributed by atoms with van der Waals surface area (Å²) in [5.74, 6) is -0.156. The van der Waals surface area contributed by atoms with Gasteiger partial charge in [-0.15, -0.1) is 0 Å². The molecule has 2 aromatic rings. The van der Waals surface area contributed by atoms with Crippen molar-refractivity contribution >= 4 is 21.8 Å². The molecule has 5 nitrogen and oxygen atoms in total. The number of halogens is 1. The molecule has 1 aromatic heterocycles. The highest BCUT2D eigenvalue weighted by Crippen LogP contribution is 2.18. The zero-order valence-corrected chi connectivity index (χ0v) is 16.1. The van der Waals surface area contributed by atoms with Crippen molar-refractivity contribution in [3.8, 4) is 0 Å². The number of aryl methyl sites for hydroxylation is 1. The van der Waals surface area contributed by atoms with Crippen molar-refractivity contribution in [1.29, 1.82) is 0 Å². The Morgan fingerprint density at radius 3 is 2.50 bits per heavy atom. The van der Waals surface area contributed by atoms with Crippen molar-refractivity contribution in [2.45, 2.75) is 33.2 Å². The van der Waals surface area contributed by atoms with Gasteiger partial charge in [0.25, 0.3) is 5.91 Å². The van der Waals surface area contributed by atoms with Crippen LogP contribution in [-0.4, -0.2) is 46.7 Å². The quantitative estimate of drug-likeness (QED) is 0.724. The number of H-pyrrole nitrogens is 1.